The maximum Gasteiger partial charge on any atom is 0.270 e. The highest BCUT2D eigenvalue weighted by atomic mass is 16.1. The topological polar surface area (TPSA) is 93.8 Å². The van der Waals surface area contributed by atoms with Gasteiger partial charge in [-0.1, -0.05) is 19.9 Å². The number of nitrogen functional groups attached to an aromatic ring is 1. The van der Waals surface area contributed by atoms with Crippen molar-refractivity contribution < 1.29 is 4.79 Å². The molecule has 0 aliphatic rings. The molecule has 2 aromatic heterocycles. The monoisotopic (exact) mass is 313 g/mol. The van der Waals surface area contributed by atoms with Gasteiger partial charge in [0.15, 0.2) is 0 Å². The van der Waals surface area contributed by atoms with Crippen molar-refractivity contribution in [2.24, 2.45) is 5.92 Å². The van der Waals surface area contributed by atoms with Crippen LogP contribution in [-0.2, 0) is 12.8 Å². The summed E-state index contributed by atoms with van der Waals surface area (Å²) in [5, 5.41) is 2.94. The van der Waals surface area contributed by atoms with E-state index >= 15 is 0 Å². The summed E-state index contributed by atoms with van der Waals surface area (Å²) in [6.07, 6.45) is 5.00. The fourth-order valence-electron chi connectivity index (χ4n) is 2.38. The van der Waals surface area contributed by atoms with Crippen LogP contribution in [0.1, 0.15) is 42.5 Å². The molecule has 2 heterocycles. The summed E-state index contributed by atoms with van der Waals surface area (Å²) in [6.45, 7) is 6.13. The van der Waals surface area contributed by atoms with E-state index < -0.39 is 0 Å². The summed E-state index contributed by atoms with van der Waals surface area (Å²) in [4.78, 5) is 24.7. The van der Waals surface area contributed by atoms with Crippen LogP contribution in [0.5, 0.6) is 0 Å². The summed E-state index contributed by atoms with van der Waals surface area (Å²) in [5.41, 5.74) is 7.89. The van der Waals surface area contributed by atoms with Gasteiger partial charge in [0.25, 0.3) is 5.91 Å². The molecule has 23 heavy (non-hydrogen) atoms. The summed E-state index contributed by atoms with van der Waals surface area (Å²) in [6, 6.07) is 5.55. The van der Waals surface area contributed by atoms with Gasteiger partial charge in [0, 0.05) is 24.1 Å². The van der Waals surface area contributed by atoms with Crippen LogP contribution in [0.25, 0.3) is 0 Å². The molecule has 122 valence electrons. The molecule has 0 radical (unpaired) electrons. The Balaban J connectivity index is 2.03. The lowest BCUT2D eigenvalue weighted by molar-refractivity contribution is 0.0935. The van der Waals surface area contributed by atoms with Gasteiger partial charge >= 0.3 is 0 Å². The van der Waals surface area contributed by atoms with Gasteiger partial charge < -0.3 is 11.1 Å². The number of nitrogens with zero attached hydrogens (tertiary/aromatic N) is 3. The molecule has 1 amide bonds. The largest absolute Gasteiger partial charge is 0.368 e. The Kier molecular flexibility index (Phi) is 5.62. The van der Waals surface area contributed by atoms with Crippen molar-refractivity contribution in [2.75, 3.05) is 5.73 Å². The third-order valence-electron chi connectivity index (χ3n) is 3.29. The third kappa shape index (κ3) is 5.32. The van der Waals surface area contributed by atoms with Gasteiger partial charge in [-0.2, -0.15) is 0 Å². The van der Waals surface area contributed by atoms with E-state index in [1.54, 1.807) is 18.5 Å². The number of nitrogens with one attached hydrogen (secondary N) is 1. The lowest BCUT2D eigenvalue weighted by Crippen LogP contribution is -2.35. The molecule has 2 aromatic rings. The standard InChI is InChI=1S/C17H23N5O/c1-11(2)7-14-9-15(22-17(18)21-14)16(23)20-12(3)8-13-5-4-6-19-10-13/h4-6,9-12H,7-8H2,1-3H3,(H,20,23)(H2,18,21,22)/t12-/m0/s1. The van der Waals surface area contributed by atoms with Crippen molar-refractivity contribution in [1.29, 1.82) is 0 Å². The smallest absolute Gasteiger partial charge is 0.270 e. The van der Waals surface area contributed by atoms with E-state index in [-0.39, 0.29) is 17.9 Å². The van der Waals surface area contributed by atoms with Gasteiger partial charge in [-0.25, -0.2) is 9.97 Å². The normalized spacial score (nSPS) is 12.2. The van der Waals surface area contributed by atoms with Crippen molar-refractivity contribution >= 4 is 11.9 Å². The first-order chi connectivity index (χ1) is 10.9. The zero-order valence-corrected chi connectivity index (χ0v) is 13.8. The fourth-order valence-corrected chi connectivity index (χ4v) is 2.38. The molecule has 0 aliphatic carbocycles. The van der Waals surface area contributed by atoms with Gasteiger partial charge in [0.1, 0.15) is 5.69 Å². The minimum Gasteiger partial charge on any atom is -0.368 e. The molecule has 2 rings (SSSR count). The molecule has 3 N–H and O–H groups in total. The molecule has 1 atom stereocenters. The molecule has 0 fully saturated rings. The van der Waals surface area contributed by atoms with Crippen molar-refractivity contribution in [1.82, 2.24) is 20.3 Å². The Morgan fingerprint density at radius 1 is 1.26 bits per heavy atom. The molecule has 0 saturated heterocycles. The molecule has 0 aromatic carbocycles. The first-order valence-corrected chi connectivity index (χ1v) is 7.77. The highest BCUT2D eigenvalue weighted by molar-refractivity contribution is 5.92. The second-order valence-electron chi connectivity index (χ2n) is 6.14. The third-order valence-corrected chi connectivity index (χ3v) is 3.29. The number of carbonyl (C=O) groups excluding carboxylic acids is 1. The van der Waals surface area contributed by atoms with Gasteiger partial charge in [0.2, 0.25) is 5.95 Å². The Bertz CT molecular complexity index is 657. The van der Waals surface area contributed by atoms with Crippen molar-refractivity contribution in [3.8, 4) is 0 Å². The second kappa shape index (κ2) is 7.67. The lowest BCUT2D eigenvalue weighted by atomic mass is 10.1. The Hall–Kier alpha value is -2.50. The van der Waals surface area contributed by atoms with E-state index in [0.717, 1.165) is 17.7 Å². The molecule has 0 aliphatic heterocycles. The predicted molar refractivity (Wildman–Crippen MR) is 89.9 cm³/mol. The van der Waals surface area contributed by atoms with Crippen LogP contribution in [0.3, 0.4) is 0 Å². The highest BCUT2D eigenvalue weighted by Gasteiger charge is 2.14. The van der Waals surface area contributed by atoms with E-state index in [9.17, 15) is 4.79 Å². The number of anilines is 1. The van der Waals surface area contributed by atoms with E-state index in [4.69, 9.17) is 5.73 Å². The van der Waals surface area contributed by atoms with Gasteiger partial charge in [-0.05, 0) is 43.4 Å². The zero-order chi connectivity index (χ0) is 16.8. The quantitative estimate of drug-likeness (QED) is 0.851. The van der Waals surface area contributed by atoms with Gasteiger partial charge in [-0.15, -0.1) is 0 Å². The minimum absolute atomic E-state index is 0.0311. The van der Waals surface area contributed by atoms with Crippen LogP contribution in [0, 0.1) is 5.92 Å². The Morgan fingerprint density at radius 3 is 2.70 bits per heavy atom. The van der Waals surface area contributed by atoms with Crippen LogP contribution in [0.4, 0.5) is 5.95 Å². The summed E-state index contributed by atoms with van der Waals surface area (Å²) >= 11 is 0. The number of hydrogen-bond donors (Lipinski definition) is 2. The molecule has 0 bridgehead atoms. The van der Waals surface area contributed by atoms with Crippen LogP contribution < -0.4 is 11.1 Å². The van der Waals surface area contributed by atoms with E-state index in [1.807, 2.05) is 19.1 Å². The minimum atomic E-state index is -0.236. The summed E-state index contributed by atoms with van der Waals surface area (Å²) < 4.78 is 0. The number of rotatable bonds is 6. The maximum absolute atomic E-state index is 12.4. The Morgan fingerprint density at radius 2 is 2.04 bits per heavy atom. The summed E-state index contributed by atoms with van der Waals surface area (Å²) in [7, 11) is 0. The average Bonchev–Trinajstić information content (AvgIpc) is 2.46. The van der Waals surface area contributed by atoms with Gasteiger partial charge in [-0.3, -0.25) is 9.78 Å². The number of carbonyl (C=O) groups is 1. The van der Waals surface area contributed by atoms with Gasteiger partial charge in [0.05, 0.1) is 0 Å². The zero-order valence-electron chi connectivity index (χ0n) is 13.8. The fraction of sp³-hybridized carbons (Fsp3) is 0.412. The van der Waals surface area contributed by atoms with Crippen LogP contribution in [0.2, 0.25) is 0 Å². The Labute approximate surface area is 136 Å². The molecule has 0 spiro atoms. The summed E-state index contributed by atoms with van der Waals surface area (Å²) in [5.74, 6) is 0.332. The van der Waals surface area contributed by atoms with E-state index in [2.05, 4.69) is 34.1 Å². The van der Waals surface area contributed by atoms with Crippen LogP contribution in [0.15, 0.2) is 30.6 Å². The number of pyridine rings is 1. The first-order valence-electron chi connectivity index (χ1n) is 7.77. The molecule has 0 unspecified atom stereocenters. The maximum atomic E-state index is 12.4. The van der Waals surface area contributed by atoms with Crippen molar-refractivity contribution in [2.45, 2.75) is 39.7 Å². The molecule has 6 heteroatoms. The first kappa shape index (κ1) is 16.9. The second-order valence-corrected chi connectivity index (χ2v) is 6.14. The van der Waals surface area contributed by atoms with Crippen LogP contribution in [-0.4, -0.2) is 26.9 Å². The van der Waals surface area contributed by atoms with E-state index in [1.165, 1.54) is 0 Å². The van der Waals surface area contributed by atoms with E-state index in [0.29, 0.717) is 18.0 Å². The predicted octanol–water partition coefficient (Wildman–Crippen LogP) is 2.01. The van der Waals surface area contributed by atoms with Crippen molar-refractivity contribution in [3.05, 3.63) is 47.5 Å². The highest BCUT2D eigenvalue weighted by Crippen LogP contribution is 2.09. The lowest BCUT2D eigenvalue weighted by Gasteiger charge is -2.14. The SMILES string of the molecule is CC(C)Cc1cc(C(=O)N[C@@H](C)Cc2cccnc2)nc(N)n1. The molecule has 0 saturated carbocycles. The number of nitrogens with two attached hydrogens (primary N) is 1. The number of aromatic nitrogens is 3. The average molecular weight is 313 g/mol. The molecular weight excluding hydrogens is 290 g/mol. The molecule has 6 nitrogen and oxygen atoms in total. The number of amides is 1. The number of hydrogen-bond acceptors (Lipinski definition) is 5. The van der Waals surface area contributed by atoms with Crippen molar-refractivity contribution in [3.63, 3.8) is 0 Å². The molecular formula is C17H23N5O. The van der Waals surface area contributed by atoms with Crippen LogP contribution >= 0.6 is 0 Å².